The maximum atomic E-state index is 11.2. The minimum Gasteiger partial charge on any atom is -0.351 e. The molecular weight excluding hydrogens is 240 g/mol. The Bertz CT molecular complexity index is 238. The van der Waals surface area contributed by atoms with Gasteiger partial charge >= 0.3 is 0 Å². The number of rotatable bonds is 4. The van der Waals surface area contributed by atoms with Crippen molar-refractivity contribution in [1.82, 2.24) is 10.3 Å². The van der Waals surface area contributed by atoms with E-state index in [-0.39, 0.29) is 5.91 Å². The summed E-state index contributed by atoms with van der Waals surface area (Å²) in [7, 11) is 0. The van der Waals surface area contributed by atoms with Crippen molar-refractivity contribution < 1.29 is 4.79 Å². The predicted molar refractivity (Wildman–Crippen MR) is 52.9 cm³/mol. The molecule has 1 N–H and O–H groups in total. The lowest BCUT2D eigenvalue weighted by Gasteiger charge is -1.99. The maximum absolute atomic E-state index is 11.2. The topological polar surface area (TPSA) is 42.0 Å². The van der Waals surface area contributed by atoms with Gasteiger partial charge in [-0.2, -0.15) is 0 Å². The number of carbonyl (C=O) groups is 1. The second-order valence-electron chi connectivity index (χ2n) is 2.17. The van der Waals surface area contributed by atoms with Gasteiger partial charge in [0.15, 0.2) is 0 Å². The van der Waals surface area contributed by atoms with Crippen LogP contribution in [0, 0.1) is 0 Å². The van der Waals surface area contributed by atoms with Crippen LogP contribution in [0.4, 0.5) is 0 Å². The number of halogens is 1. The third-order valence-electron chi connectivity index (χ3n) is 1.26. The van der Waals surface area contributed by atoms with Gasteiger partial charge < -0.3 is 5.32 Å². The monoisotopic (exact) mass is 248 g/mol. The van der Waals surface area contributed by atoms with Gasteiger partial charge in [0.05, 0.1) is 5.51 Å². The van der Waals surface area contributed by atoms with Crippen LogP contribution in [0.1, 0.15) is 16.9 Å². The summed E-state index contributed by atoms with van der Waals surface area (Å²) in [5.41, 5.74) is 2.16. The molecule has 5 heteroatoms. The van der Waals surface area contributed by atoms with E-state index in [1.54, 1.807) is 10.9 Å². The van der Waals surface area contributed by atoms with Crippen LogP contribution in [0.2, 0.25) is 0 Å². The van der Waals surface area contributed by atoms with Crippen LogP contribution in [0.15, 0.2) is 10.9 Å². The van der Waals surface area contributed by atoms with Crippen LogP contribution in [0.3, 0.4) is 0 Å². The molecule has 1 amide bonds. The molecule has 0 saturated heterocycles. The summed E-state index contributed by atoms with van der Waals surface area (Å²) in [6.07, 6.45) is 0.940. The molecule has 1 heterocycles. The van der Waals surface area contributed by atoms with Gasteiger partial charge in [-0.3, -0.25) is 4.79 Å². The van der Waals surface area contributed by atoms with E-state index < -0.39 is 0 Å². The van der Waals surface area contributed by atoms with E-state index in [0.29, 0.717) is 12.2 Å². The number of nitrogens with one attached hydrogen (secondary N) is 1. The Hall–Kier alpha value is -0.420. The molecule has 0 aliphatic heterocycles. The Morgan fingerprint density at radius 3 is 3.17 bits per heavy atom. The highest BCUT2D eigenvalue weighted by molar-refractivity contribution is 9.09. The summed E-state index contributed by atoms with van der Waals surface area (Å²) < 4.78 is 0. The number of thiazole rings is 1. The summed E-state index contributed by atoms with van der Waals surface area (Å²) in [4.78, 5) is 15.1. The van der Waals surface area contributed by atoms with E-state index in [2.05, 4.69) is 26.2 Å². The average molecular weight is 249 g/mol. The van der Waals surface area contributed by atoms with Crippen LogP contribution in [0.25, 0.3) is 0 Å². The highest BCUT2D eigenvalue weighted by Crippen LogP contribution is 1.99. The van der Waals surface area contributed by atoms with Crippen LogP contribution in [-0.2, 0) is 0 Å². The number of hydrogen-bond donors (Lipinski definition) is 1. The third kappa shape index (κ3) is 2.91. The van der Waals surface area contributed by atoms with Gasteiger partial charge in [0.1, 0.15) is 5.69 Å². The second kappa shape index (κ2) is 5.27. The molecule has 1 aromatic heterocycles. The molecule has 0 atom stereocenters. The SMILES string of the molecule is O=C(NCCCBr)c1cscn1. The van der Waals surface area contributed by atoms with E-state index in [9.17, 15) is 4.79 Å². The second-order valence-corrected chi connectivity index (χ2v) is 3.68. The summed E-state index contributed by atoms with van der Waals surface area (Å²) >= 11 is 4.71. The number of hydrogen-bond acceptors (Lipinski definition) is 3. The molecule has 0 aliphatic carbocycles. The normalized spacial score (nSPS) is 9.75. The smallest absolute Gasteiger partial charge is 0.270 e. The van der Waals surface area contributed by atoms with Gasteiger partial charge in [0.2, 0.25) is 0 Å². The van der Waals surface area contributed by atoms with Gasteiger partial charge in [-0.05, 0) is 6.42 Å². The lowest BCUT2D eigenvalue weighted by molar-refractivity contribution is 0.0949. The molecule has 12 heavy (non-hydrogen) atoms. The molecule has 0 radical (unpaired) electrons. The zero-order chi connectivity index (χ0) is 8.81. The van der Waals surface area contributed by atoms with Crippen LogP contribution >= 0.6 is 27.3 Å². The van der Waals surface area contributed by atoms with Crippen molar-refractivity contribution in [2.75, 3.05) is 11.9 Å². The molecule has 0 unspecified atom stereocenters. The van der Waals surface area contributed by atoms with Crippen LogP contribution < -0.4 is 5.32 Å². The van der Waals surface area contributed by atoms with Gasteiger partial charge in [0.25, 0.3) is 5.91 Å². The fourth-order valence-electron chi connectivity index (χ4n) is 0.684. The van der Waals surface area contributed by atoms with Crippen molar-refractivity contribution in [2.24, 2.45) is 0 Å². The first-order chi connectivity index (χ1) is 5.84. The zero-order valence-electron chi connectivity index (χ0n) is 6.42. The van der Waals surface area contributed by atoms with E-state index in [0.717, 1.165) is 11.8 Å². The van der Waals surface area contributed by atoms with Gasteiger partial charge in [-0.1, -0.05) is 15.9 Å². The third-order valence-corrected chi connectivity index (χ3v) is 2.41. The quantitative estimate of drug-likeness (QED) is 0.651. The van der Waals surface area contributed by atoms with E-state index in [4.69, 9.17) is 0 Å². The molecule has 0 fully saturated rings. The van der Waals surface area contributed by atoms with Crippen molar-refractivity contribution in [1.29, 1.82) is 0 Å². The van der Waals surface area contributed by atoms with Crippen molar-refractivity contribution in [3.63, 3.8) is 0 Å². The molecule has 3 nitrogen and oxygen atoms in total. The van der Waals surface area contributed by atoms with Crippen LogP contribution in [-0.4, -0.2) is 22.8 Å². The van der Waals surface area contributed by atoms with E-state index in [1.165, 1.54) is 11.3 Å². The lowest BCUT2D eigenvalue weighted by Crippen LogP contribution is -2.24. The molecule has 1 rings (SSSR count). The van der Waals surface area contributed by atoms with E-state index in [1.807, 2.05) is 0 Å². The number of aromatic nitrogens is 1. The zero-order valence-corrected chi connectivity index (χ0v) is 8.82. The predicted octanol–water partition coefficient (Wildman–Crippen LogP) is 1.66. The standard InChI is InChI=1S/C7H9BrN2OS/c8-2-1-3-9-7(11)6-4-12-5-10-6/h4-5H,1-3H2,(H,9,11). The van der Waals surface area contributed by atoms with Crippen molar-refractivity contribution in [3.05, 3.63) is 16.6 Å². The minimum absolute atomic E-state index is 0.0859. The molecule has 0 aliphatic rings. The fraction of sp³-hybridized carbons (Fsp3) is 0.429. The van der Waals surface area contributed by atoms with Crippen molar-refractivity contribution in [2.45, 2.75) is 6.42 Å². The molecule has 0 bridgehead atoms. The first-order valence-corrected chi connectivity index (χ1v) is 5.63. The highest BCUT2D eigenvalue weighted by atomic mass is 79.9. The Morgan fingerprint density at radius 2 is 2.58 bits per heavy atom. The van der Waals surface area contributed by atoms with Gasteiger partial charge in [-0.25, -0.2) is 4.98 Å². The van der Waals surface area contributed by atoms with E-state index >= 15 is 0 Å². The summed E-state index contributed by atoms with van der Waals surface area (Å²) in [5.74, 6) is -0.0859. The summed E-state index contributed by atoms with van der Waals surface area (Å²) in [6, 6.07) is 0. The van der Waals surface area contributed by atoms with Gasteiger partial charge in [-0.15, -0.1) is 11.3 Å². The Labute approximate surface area is 83.3 Å². The van der Waals surface area contributed by atoms with Gasteiger partial charge in [0, 0.05) is 17.3 Å². The Kier molecular flexibility index (Phi) is 4.24. The maximum Gasteiger partial charge on any atom is 0.270 e. The van der Waals surface area contributed by atoms with Crippen LogP contribution in [0.5, 0.6) is 0 Å². The summed E-state index contributed by atoms with van der Waals surface area (Å²) in [5, 5.41) is 5.41. The first-order valence-electron chi connectivity index (χ1n) is 3.57. The molecule has 1 aromatic rings. The summed E-state index contributed by atoms with van der Waals surface area (Å²) in [6.45, 7) is 0.696. The highest BCUT2D eigenvalue weighted by Gasteiger charge is 2.04. The minimum atomic E-state index is -0.0859. The number of amides is 1. The van der Waals surface area contributed by atoms with Crippen molar-refractivity contribution in [3.8, 4) is 0 Å². The molecule has 0 aromatic carbocycles. The fourth-order valence-corrected chi connectivity index (χ4v) is 1.50. The molecule has 0 saturated carbocycles. The number of alkyl halides is 1. The average Bonchev–Trinajstić information content (AvgIpc) is 2.56. The number of carbonyl (C=O) groups excluding carboxylic acids is 1. The molecular formula is C7H9BrN2OS. The van der Waals surface area contributed by atoms with Crippen molar-refractivity contribution >= 4 is 33.2 Å². The number of nitrogens with zero attached hydrogens (tertiary/aromatic N) is 1. The lowest BCUT2D eigenvalue weighted by atomic mass is 10.4. The Balaban J connectivity index is 2.30. The molecule has 0 spiro atoms. The Morgan fingerprint density at radius 1 is 1.75 bits per heavy atom. The largest absolute Gasteiger partial charge is 0.351 e. The first kappa shape index (κ1) is 9.67. The molecule has 66 valence electrons.